The van der Waals surface area contributed by atoms with E-state index >= 15 is 0 Å². The molecule has 4 rings (SSSR count). The van der Waals surface area contributed by atoms with Crippen LogP contribution in [0.15, 0.2) is 42.5 Å². The van der Waals surface area contributed by atoms with E-state index in [1.165, 1.54) is 5.56 Å². The van der Waals surface area contributed by atoms with E-state index in [0.717, 1.165) is 49.9 Å². The summed E-state index contributed by atoms with van der Waals surface area (Å²) in [4.78, 5) is 15.3. The van der Waals surface area contributed by atoms with Gasteiger partial charge >= 0.3 is 0 Å². The number of morpholine rings is 1. The molecule has 0 saturated carbocycles. The predicted octanol–water partition coefficient (Wildman–Crippen LogP) is 3.56. The molecule has 1 N–H and O–H groups in total. The van der Waals surface area contributed by atoms with Crippen LogP contribution in [0, 0.1) is 0 Å². The number of nitrogens with one attached hydrogen (secondary N) is 1. The fourth-order valence-corrected chi connectivity index (χ4v) is 4.11. The van der Waals surface area contributed by atoms with Gasteiger partial charge in [-0.05, 0) is 49.7 Å². The fourth-order valence-electron chi connectivity index (χ4n) is 4.11. The second-order valence-corrected chi connectivity index (χ2v) is 8.58. The number of benzene rings is 2. The smallest absolute Gasteiger partial charge is 0.251 e. The van der Waals surface area contributed by atoms with Crippen molar-refractivity contribution in [1.29, 1.82) is 0 Å². The van der Waals surface area contributed by atoms with Crippen LogP contribution in [0.4, 0.5) is 0 Å². The molecule has 1 saturated heterocycles. The lowest BCUT2D eigenvalue weighted by Gasteiger charge is -2.38. The van der Waals surface area contributed by atoms with E-state index < -0.39 is 0 Å². The Morgan fingerprint density at radius 3 is 2.60 bits per heavy atom. The van der Waals surface area contributed by atoms with Crippen LogP contribution in [0.1, 0.15) is 47.8 Å². The first-order valence-corrected chi connectivity index (χ1v) is 10.5. The summed E-state index contributed by atoms with van der Waals surface area (Å²) in [6, 6.07) is 13.5. The molecule has 2 aromatic rings. The standard InChI is InChI=1S/C24H30N2O4/c1-24(2)15-21(20-14-19(28-3)8-9-22(20)30-24)25-23(27)18-6-4-17(5-7-18)16-26-10-12-29-13-11-26/h4-9,14,21H,10-13,15-16H2,1-3H3,(H,25,27)/t21-/m0/s1. The molecule has 1 fully saturated rings. The maximum absolute atomic E-state index is 13.0. The van der Waals surface area contributed by atoms with E-state index in [9.17, 15) is 4.79 Å². The van der Waals surface area contributed by atoms with Crippen LogP contribution in [0.5, 0.6) is 11.5 Å². The highest BCUT2D eigenvalue weighted by Gasteiger charge is 2.35. The average molecular weight is 411 g/mol. The minimum absolute atomic E-state index is 0.0793. The molecule has 1 atom stereocenters. The monoisotopic (exact) mass is 410 g/mol. The van der Waals surface area contributed by atoms with E-state index in [2.05, 4.69) is 10.2 Å². The Morgan fingerprint density at radius 2 is 1.90 bits per heavy atom. The van der Waals surface area contributed by atoms with Crippen molar-refractivity contribution in [2.24, 2.45) is 0 Å². The zero-order valence-electron chi connectivity index (χ0n) is 17.9. The summed E-state index contributed by atoms with van der Waals surface area (Å²) in [7, 11) is 1.64. The molecule has 0 spiro atoms. The Balaban J connectivity index is 1.46. The summed E-state index contributed by atoms with van der Waals surface area (Å²) in [5.74, 6) is 1.46. The van der Waals surface area contributed by atoms with E-state index in [1.807, 2.05) is 56.3 Å². The van der Waals surface area contributed by atoms with Gasteiger partial charge < -0.3 is 19.5 Å². The molecule has 0 aliphatic carbocycles. The highest BCUT2D eigenvalue weighted by atomic mass is 16.5. The van der Waals surface area contributed by atoms with Crippen molar-refractivity contribution in [3.05, 3.63) is 59.2 Å². The number of fused-ring (bicyclic) bond motifs is 1. The number of amides is 1. The number of hydrogen-bond donors (Lipinski definition) is 1. The van der Waals surface area contributed by atoms with Gasteiger partial charge in [-0.2, -0.15) is 0 Å². The van der Waals surface area contributed by atoms with Gasteiger partial charge in [0.05, 0.1) is 26.4 Å². The third-order valence-electron chi connectivity index (χ3n) is 5.71. The molecule has 0 bridgehead atoms. The molecule has 0 radical (unpaired) electrons. The Kier molecular flexibility index (Phi) is 5.97. The van der Waals surface area contributed by atoms with Crippen molar-refractivity contribution in [1.82, 2.24) is 10.2 Å². The van der Waals surface area contributed by atoms with Gasteiger partial charge in [0.1, 0.15) is 17.1 Å². The van der Waals surface area contributed by atoms with E-state index in [0.29, 0.717) is 12.0 Å². The van der Waals surface area contributed by atoms with E-state index in [4.69, 9.17) is 14.2 Å². The SMILES string of the molecule is COc1ccc2c(c1)[C@@H](NC(=O)c1ccc(CN3CCOCC3)cc1)CC(C)(C)O2. The molecule has 0 aromatic heterocycles. The van der Waals surface area contributed by atoms with Crippen LogP contribution in [-0.4, -0.2) is 49.8 Å². The molecule has 2 heterocycles. The molecule has 160 valence electrons. The largest absolute Gasteiger partial charge is 0.497 e. The normalized spacial score (nSPS) is 20.7. The number of carbonyl (C=O) groups is 1. The van der Waals surface area contributed by atoms with Crippen molar-refractivity contribution in [2.75, 3.05) is 33.4 Å². The lowest BCUT2D eigenvalue weighted by atomic mass is 9.89. The topological polar surface area (TPSA) is 60.0 Å². The maximum atomic E-state index is 13.0. The summed E-state index contributed by atoms with van der Waals surface area (Å²) in [6.07, 6.45) is 0.689. The zero-order chi connectivity index (χ0) is 21.1. The minimum atomic E-state index is -0.360. The van der Waals surface area contributed by atoms with Gasteiger partial charge in [0.25, 0.3) is 5.91 Å². The van der Waals surface area contributed by atoms with Gasteiger partial charge in [0, 0.05) is 37.2 Å². The molecule has 0 unspecified atom stereocenters. The Hall–Kier alpha value is -2.57. The second-order valence-electron chi connectivity index (χ2n) is 8.58. The summed E-state index contributed by atoms with van der Waals surface area (Å²) >= 11 is 0. The lowest BCUT2D eigenvalue weighted by Crippen LogP contribution is -2.41. The molecule has 1 amide bonds. The van der Waals surface area contributed by atoms with Crippen LogP contribution < -0.4 is 14.8 Å². The first kappa shape index (κ1) is 20.7. The summed E-state index contributed by atoms with van der Waals surface area (Å²) in [5, 5.41) is 3.20. The van der Waals surface area contributed by atoms with Gasteiger partial charge in [0.15, 0.2) is 0 Å². The Bertz CT molecular complexity index is 889. The fraction of sp³-hybridized carbons (Fsp3) is 0.458. The molecule has 30 heavy (non-hydrogen) atoms. The quantitative estimate of drug-likeness (QED) is 0.817. The number of carbonyl (C=O) groups excluding carboxylic acids is 1. The van der Waals surface area contributed by atoms with Crippen LogP contribution in [-0.2, 0) is 11.3 Å². The number of methoxy groups -OCH3 is 1. The molecular formula is C24H30N2O4. The first-order valence-electron chi connectivity index (χ1n) is 10.5. The van der Waals surface area contributed by atoms with Gasteiger partial charge in [0.2, 0.25) is 0 Å². The number of hydrogen-bond acceptors (Lipinski definition) is 5. The van der Waals surface area contributed by atoms with Crippen molar-refractivity contribution >= 4 is 5.91 Å². The summed E-state index contributed by atoms with van der Waals surface area (Å²) in [5.41, 5.74) is 2.46. The molecule has 6 heteroatoms. The van der Waals surface area contributed by atoms with Gasteiger partial charge in [-0.3, -0.25) is 9.69 Å². The molecule has 2 aliphatic heterocycles. The van der Waals surface area contributed by atoms with Crippen molar-refractivity contribution in [3.63, 3.8) is 0 Å². The van der Waals surface area contributed by atoms with Crippen molar-refractivity contribution < 1.29 is 19.0 Å². The highest BCUT2D eigenvalue weighted by molar-refractivity contribution is 5.94. The molecule has 2 aromatic carbocycles. The number of rotatable bonds is 5. The zero-order valence-corrected chi connectivity index (χ0v) is 17.9. The lowest BCUT2D eigenvalue weighted by molar-refractivity contribution is 0.0342. The molecular weight excluding hydrogens is 380 g/mol. The van der Waals surface area contributed by atoms with Crippen LogP contribution in [0.2, 0.25) is 0 Å². The van der Waals surface area contributed by atoms with E-state index in [1.54, 1.807) is 7.11 Å². The number of ether oxygens (including phenoxy) is 3. The Morgan fingerprint density at radius 1 is 1.17 bits per heavy atom. The third-order valence-corrected chi connectivity index (χ3v) is 5.71. The Labute approximate surface area is 178 Å². The van der Waals surface area contributed by atoms with Crippen LogP contribution >= 0.6 is 0 Å². The van der Waals surface area contributed by atoms with Crippen molar-refractivity contribution in [3.8, 4) is 11.5 Å². The highest BCUT2D eigenvalue weighted by Crippen LogP contribution is 2.41. The van der Waals surface area contributed by atoms with Gasteiger partial charge in [-0.1, -0.05) is 12.1 Å². The van der Waals surface area contributed by atoms with Crippen LogP contribution in [0.3, 0.4) is 0 Å². The second kappa shape index (κ2) is 8.66. The van der Waals surface area contributed by atoms with Crippen molar-refractivity contribution in [2.45, 2.75) is 38.5 Å². The van der Waals surface area contributed by atoms with Gasteiger partial charge in [-0.15, -0.1) is 0 Å². The first-order chi connectivity index (χ1) is 14.4. The summed E-state index contributed by atoms with van der Waals surface area (Å²) in [6.45, 7) is 8.43. The molecule has 2 aliphatic rings. The number of nitrogens with zero attached hydrogens (tertiary/aromatic N) is 1. The third kappa shape index (κ3) is 4.77. The predicted molar refractivity (Wildman–Crippen MR) is 115 cm³/mol. The average Bonchev–Trinajstić information content (AvgIpc) is 2.74. The van der Waals surface area contributed by atoms with Gasteiger partial charge in [-0.25, -0.2) is 0 Å². The van der Waals surface area contributed by atoms with Crippen LogP contribution in [0.25, 0.3) is 0 Å². The molecule has 6 nitrogen and oxygen atoms in total. The maximum Gasteiger partial charge on any atom is 0.251 e. The summed E-state index contributed by atoms with van der Waals surface area (Å²) < 4.78 is 16.9. The minimum Gasteiger partial charge on any atom is -0.497 e. The van der Waals surface area contributed by atoms with E-state index in [-0.39, 0.29) is 17.6 Å².